The summed E-state index contributed by atoms with van der Waals surface area (Å²) >= 11 is 0. The molecule has 0 aromatic heterocycles. The second-order valence-corrected chi connectivity index (χ2v) is 14.7. The SMILES string of the molecule is CCN(CC)S(=O)(=O)c1cc(N=Nc2ccc(OCCOC)c(S(=O)(=O)Cl)c2)c2c(NS(C)(=O)=O)cccc2c1O. The number of phenolic OH excluding ortho intramolecular Hbond substituents is 1. The van der Waals surface area contributed by atoms with Crippen LogP contribution in [0, 0.1) is 0 Å². The standard InChI is InChI=1S/C24H29ClN4O9S3/c1-5-29(6-2)41(35,36)22-15-19(23-17(24(22)30)8-7-9-18(23)28-39(4,31)32)27-26-16-10-11-20(38-13-12-37-3)21(14-16)40(25,33)34/h7-11,14-15,28,30H,5-6,12-13H2,1-4H3. The first-order valence-electron chi connectivity index (χ1n) is 12.0. The third-order valence-corrected chi connectivity index (χ3v) is 9.70. The fraction of sp³-hybridized carbons (Fsp3) is 0.333. The highest BCUT2D eigenvalue weighted by molar-refractivity contribution is 8.13. The molecule has 0 saturated carbocycles. The molecule has 224 valence electrons. The molecule has 3 aromatic rings. The van der Waals surface area contributed by atoms with Gasteiger partial charge in [-0.2, -0.15) is 9.42 Å². The summed E-state index contributed by atoms with van der Waals surface area (Å²) in [6.45, 7) is 3.77. The Balaban J connectivity index is 2.28. The van der Waals surface area contributed by atoms with Gasteiger partial charge in [0.2, 0.25) is 20.0 Å². The van der Waals surface area contributed by atoms with Crippen LogP contribution in [-0.2, 0) is 33.8 Å². The number of aromatic hydroxyl groups is 1. The molecule has 17 heteroatoms. The number of hydrogen-bond donors (Lipinski definition) is 2. The second kappa shape index (κ2) is 12.9. The van der Waals surface area contributed by atoms with E-state index in [0.29, 0.717) is 0 Å². The third-order valence-electron chi connectivity index (χ3n) is 5.70. The van der Waals surface area contributed by atoms with Gasteiger partial charge in [0.25, 0.3) is 9.05 Å². The number of nitrogens with one attached hydrogen (secondary N) is 1. The molecule has 0 atom stereocenters. The maximum atomic E-state index is 13.4. The van der Waals surface area contributed by atoms with E-state index in [1.54, 1.807) is 13.8 Å². The van der Waals surface area contributed by atoms with Crippen LogP contribution in [0.3, 0.4) is 0 Å². The summed E-state index contributed by atoms with van der Waals surface area (Å²) in [7, 11) is -5.22. The highest BCUT2D eigenvalue weighted by Crippen LogP contribution is 2.43. The molecular weight excluding hydrogens is 620 g/mol. The molecule has 0 unspecified atom stereocenters. The second-order valence-electron chi connectivity index (χ2n) is 8.54. The maximum absolute atomic E-state index is 13.4. The van der Waals surface area contributed by atoms with Crippen LogP contribution < -0.4 is 9.46 Å². The van der Waals surface area contributed by atoms with E-state index >= 15 is 0 Å². The van der Waals surface area contributed by atoms with Crippen molar-refractivity contribution < 1.29 is 39.8 Å². The van der Waals surface area contributed by atoms with Crippen molar-refractivity contribution in [3.05, 3.63) is 42.5 Å². The van der Waals surface area contributed by atoms with E-state index in [4.69, 9.17) is 20.2 Å². The molecular formula is C24H29ClN4O9S3. The van der Waals surface area contributed by atoms with E-state index in [0.717, 1.165) is 22.7 Å². The fourth-order valence-electron chi connectivity index (χ4n) is 3.90. The molecule has 41 heavy (non-hydrogen) atoms. The summed E-state index contributed by atoms with van der Waals surface area (Å²) < 4.78 is 89.0. The number of nitrogens with zero attached hydrogens (tertiary/aromatic N) is 3. The number of hydrogen-bond acceptors (Lipinski definition) is 11. The zero-order valence-electron chi connectivity index (χ0n) is 22.5. The largest absolute Gasteiger partial charge is 0.506 e. The first-order chi connectivity index (χ1) is 19.1. The van der Waals surface area contributed by atoms with Crippen molar-refractivity contribution in [3.8, 4) is 11.5 Å². The maximum Gasteiger partial charge on any atom is 0.265 e. The van der Waals surface area contributed by atoms with Crippen LogP contribution in [0.2, 0.25) is 0 Å². The van der Waals surface area contributed by atoms with Crippen molar-refractivity contribution in [2.75, 3.05) is 44.4 Å². The molecule has 13 nitrogen and oxygen atoms in total. The lowest BCUT2D eigenvalue weighted by molar-refractivity contribution is 0.144. The topological polar surface area (TPSA) is 181 Å². The van der Waals surface area contributed by atoms with Gasteiger partial charge >= 0.3 is 0 Å². The molecule has 0 bridgehead atoms. The minimum absolute atomic E-state index is 0.00578. The highest BCUT2D eigenvalue weighted by atomic mass is 35.7. The quantitative estimate of drug-likeness (QED) is 0.155. The van der Waals surface area contributed by atoms with E-state index < -0.39 is 39.7 Å². The van der Waals surface area contributed by atoms with E-state index in [-0.39, 0.29) is 64.8 Å². The molecule has 0 aliphatic carbocycles. The number of benzene rings is 3. The molecule has 3 rings (SSSR count). The van der Waals surface area contributed by atoms with Gasteiger partial charge in [-0.15, -0.1) is 5.11 Å². The van der Waals surface area contributed by atoms with Crippen LogP contribution in [-0.4, -0.2) is 74.3 Å². The molecule has 0 spiro atoms. The van der Waals surface area contributed by atoms with Crippen LogP contribution in [0.4, 0.5) is 17.1 Å². The summed E-state index contributed by atoms with van der Waals surface area (Å²) in [5.74, 6) is -0.644. The molecule has 2 N–H and O–H groups in total. The molecule has 0 fully saturated rings. The Labute approximate surface area is 243 Å². The normalized spacial score (nSPS) is 12.8. The highest BCUT2D eigenvalue weighted by Gasteiger charge is 2.28. The summed E-state index contributed by atoms with van der Waals surface area (Å²) in [4.78, 5) is -0.850. The third kappa shape index (κ3) is 7.64. The van der Waals surface area contributed by atoms with E-state index in [9.17, 15) is 30.4 Å². The average Bonchev–Trinajstić information content (AvgIpc) is 2.88. The van der Waals surface area contributed by atoms with Gasteiger partial charge < -0.3 is 14.6 Å². The molecule has 0 radical (unpaired) electrons. The van der Waals surface area contributed by atoms with E-state index in [2.05, 4.69) is 15.0 Å². The first-order valence-corrected chi connectivity index (χ1v) is 17.7. The van der Waals surface area contributed by atoms with Crippen molar-refractivity contribution in [1.82, 2.24) is 4.31 Å². The van der Waals surface area contributed by atoms with Gasteiger partial charge in [0, 0.05) is 41.7 Å². The molecule has 0 saturated heterocycles. The van der Waals surface area contributed by atoms with Gasteiger partial charge in [0.15, 0.2) is 0 Å². The van der Waals surface area contributed by atoms with Crippen molar-refractivity contribution in [3.63, 3.8) is 0 Å². The van der Waals surface area contributed by atoms with Crippen molar-refractivity contribution in [1.29, 1.82) is 0 Å². The lowest BCUT2D eigenvalue weighted by atomic mass is 10.1. The minimum atomic E-state index is -4.27. The van der Waals surface area contributed by atoms with Gasteiger partial charge in [-0.25, -0.2) is 25.3 Å². The number of sulfonamides is 2. The fourth-order valence-corrected chi connectivity index (χ4v) is 7.03. The molecule has 0 aliphatic rings. The molecule has 3 aromatic carbocycles. The number of azo groups is 1. The van der Waals surface area contributed by atoms with Crippen LogP contribution in [0.5, 0.6) is 11.5 Å². The van der Waals surface area contributed by atoms with Gasteiger partial charge in [0.05, 0.1) is 29.9 Å². The van der Waals surface area contributed by atoms with Crippen LogP contribution in [0.1, 0.15) is 13.8 Å². The van der Waals surface area contributed by atoms with E-state index in [1.807, 2.05) is 0 Å². The Morgan fingerprint density at radius 3 is 2.22 bits per heavy atom. The minimum Gasteiger partial charge on any atom is -0.506 e. The lowest BCUT2D eigenvalue weighted by Crippen LogP contribution is -2.30. The first kappa shape index (κ1) is 32.5. The summed E-state index contributed by atoms with van der Waals surface area (Å²) in [6.07, 6.45) is 0.927. The summed E-state index contributed by atoms with van der Waals surface area (Å²) in [6, 6.07) is 9.14. The van der Waals surface area contributed by atoms with Crippen LogP contribution in [0.15, 0.2) is 62.5 Å². The van der Waals surface area contributed by atoms with E-state index in [1.165, 1.54) is 37.4 Å². The van der Waals surface area contributed by atoms with Gasteiger partial charge in [-0.3, -0.25) is 4.72 Å². The lowest BCUT2D eigenvalue weighted by Gasteiger charge is -2.20. The predicted molar refractivity (Wildman–Crippen MR) is 155 cm³/mol. The van der Waals surface area contributed by atoms with Crippen molar-refractivity contribution in [2.24, 2.45) is 10.2 Å². The number of phenols is 1. The number of anilines is 1. The zero-order valence-corrected chi connectivity index (χ0v) is 25.7. The number of ether oxygens (including phenoxy) is 2. The average molecular weight is 649 g/mol. The van der Waals surface area contributed by atoms with Crippen LogP contribution >= 0.6 is 10.7 Å². The van der Waals surface area contributed by atoms with Gasteiger partial charge in [0.1, 0.15) is 27.9 Å². The Kier molecular flexibility index (Phi) is 10.2. The number of fused-ring (bicyclic) bond motifs is 1. The Morgan fingerprint density at radius 2 is 1.63 bits per heavy atom. The smallest absolute Gasteiger partial charge is 0.265 e. The molecule has 0 heterocycles. The Morgan fingerprint density at radius 1 is 0.951 bits per heavy atom. The summed E-state index contributed by atoms with van der Waals surface area (Å²) in [5.41, 5.74) is -0.107. The van der Waals surface area contributed by atoms with Gasteiger partial charge in [-0.05, 0) is 30.3 Å². The number of methoxy groups -OCH3 is 1. The number of rotatable bonds is 13. The number of halogens is 1. The predicted octanol–water partition coefficient (Wildman–Crippen LogP) is 4.32. The van der Waals surface area contributed by atoms with Crippen molar-refractivity contribution in [2.45, 2.75) is 23.6 Å². The monoisotopic (exact) mass is 648 g/mol. The van der Waals surface area contributed by atoms with Crippen LogP contribution in [0.25, 0.3) is 10.8 Å². The molecule has 0 aliphatic heterocycles. The van der Waals surface area contributed by atoms with Gasteiger partial charge in [-0.1, -0.05) is 26.0 Å². The zero-order chi connectivity index (χ0) is 30.6. The Hall–Kier alpha value is -3.02. The van der Waals surface area contributed by atoms with Crippen molar-refractivity contribution >= 4 is 67.6 Å². The molecule has 0 amide bonds. The summed E-state index contributed by atoms with van der Waals surface area (Å²) in [5, 5.41) is 19.3. The Bertz CT molecular complexity index is 1790.